The van der Waals surface area contributed by atoms with Crippen LogP contribution in [-0.4, -0.2) is 92.4 Å². The number of aliphatic hydroxyl groups is 2. The van der Waals surface area contributed by atoms with Crippen molar-refractivity contribution >= 4 is 5.91 Å². The van der Waals surface area contributed by atoms with Crippen molar-refractivity contribution in [2.24, 2.45) is 5.92 Å². The summed E-state index contributed by atoms with van der Waals surface area (Å²) in [6, 6.07) is 2.54. The maximum Gasteiger partial charge on any atom is 0.225 e. The number of likely N-dealkylation sites (tertiary alicyclic amines) is 1. The molecule has 2 aliphatic heterocycles. The minimum atomic E-state index is -1.60. The summed E-state index contributed by atoms with van der Waals surface area (Å²) in [5, 5.41) is 33.2. The molecule has 0 spiro atoms. The smallest absolute Gasteiger partial charge is 0.225 e. The van der Waals surface area contributed by atoms with Crippen LogP contribution in [0.4, 0.5) is 13.2 Å². The van der Waals surface area contributed by atoms with Gasteiger partial charge in [-0.05, 0) is 25.0 Å². The quantitative estimate of drug-likeness (QED) is 0.378. The number of carbonyl (C=O) groups excluding carboxylic acids is 1. The van der Waals surface area contributed by atoms with E-state index in [0.717, 1.165) is 25.0 Å². The third kappa shape index (κ3) is 5.93. The number of carbonyl (C=O) groups is 1. The van der Waals surface area contributed by atoms with E-state index in [9.17, 15) is 28.2 Å². The lowest BCUT2D eigenvalue weighted by Crippen LogP contribution is -2.57. The molecule has 2 aliphatic rings. The van der Waals surface area contributed by atoms with Crippen molar-refractivity contribution in [2.45, 2.75) is 69.5 Å². The first kappa shape index (κ1) is 30.1. The second kappa shape index (κ2) is 12.5. The van der Waals surface area contributed by atoms with Gasteiger partial charge in [0.05, 0.1) is 24.6 Å². The minimum absolute atomic E-state index is 0.0423. The average Bonchev–Trinajstić information content (AvgIpc) is 3.66. The maximum atomic E-state index is 13.8. The third-order valence-corrected chi connectivity index (χ3v) is 8.02. The summed E-state index contributed by atoms with van der Waals surface area (Å²) in [6.07, 6.45) is -0.693. The van der Waals surface area contributed by atoms with E-state index >= 15 is 0 Å². The molecule has 14 heteroatoms. The fourth-order valence-corrected chi connectivity index (χ4v) is 5.76. The molecule has 228 valence electrons. The highest BCUT2D eigenvalue weighted by Gasteiger charge is 2.47. The number of benzene rings is 1. The van der Waals surface area contributed by atoms with E-state index in [2.05, 4.69) is 15.5 Å². The van der Waals surface area contributed by atoms with Crippen LogP contribution in [0.2, 0.25) is 0 Å². The zero-order valence-electron chi connectivity index (χ0n) is 23.5. The first-order valence-corrected chi connectivity index (χ1v) is 13.9. The van der Waals surface area contributed by atoms with E-state index in [0.29, 0.717) is 24.5 Å². The number of hydrogen-bond acceptors (Lipinski definition) is 9. The molecule has 3 aromatic rings. The normalized spacial score (nSPS) is 25.4. The van der Waals surface area contributed by atoms with Crippen LogP contribution in [0.15, 0.2) is 28.9 Å². The van der Waals surface area contributed by atoms with Crippen LogP contribution >= 0.6 is 0 Å². The van der Waals surface area contributed by atoms with E-state index < -0.39 is 54.5 Å². The number of aromatic nitrogens is 4. The second-order valence-corrected chi connectivity index (χ2v) is 11.1. The summed E-state index contributed by atoms with van der Waals surface area (Å²) in [7, 11) is 1.43. The molecule has 4 heterocycles. The molecule has 42 heavy (non-hydrogen) atoms. The highest BCUT2D eigenvalue weighted by atomic mass is 19.2. The van der Waals surface area contributed by atoms with Crippen LogP contribution in [0.25, 0.3) is 11.3 Å². The van der Waals surface area contributed by atoms with Gasteiger partial charge in [-0.3, -0.25) is 4.79 Å². The molecule has 0 saturated carbocycles. The van der Waals surface area contributed by atoms with Crippen LogP contribution in [-0.2, 0) is 20.7 Å². The molecule has 2 saturated heterocycles. The lowest BCUT2D eigenvalue weighted by Gasteiger charge is -2.43. The summed E-state index contributed by atoms with van der Waals surface area (Å²) < 4.78 is 59.8. The van der Waals surface area contributed by atoms with Crippen molar-refractivity contribution in [2.75, 3.05) is 26.8 Å². The largest absolute Gasteiger partial charge is 0.394 e. The Hall–Kier alpha value is -3.33. The molecule has 2 fully saturated rings. The average molecular weight is 594 g/mol. The van der Waals surface area contributed by atoms with E-state index in [4.69, 9.17) is 14.0 Å². The van der Waals surface area contributed by atoms with Crippen LogP contribution < -0.4 is 0 Å². The predicted octanol–water partition coefficient (Wildman–Crippen LogP) is 2.63. The van der Waals surface area contributed by atoms with E-state index in [1.807, 2.05) is 24.8 Å². The van der Waals surface area contributed by atoms with Crippen LogP contribution in [0.3, 0.4) is 0 Å². The van der Waals surface area contributed by atoms with Crippen molar-refractivity contribution in [1.29, 1.82) is 0 Å². The lowest BCUT2D eigenvalue weighted by molar-refractivity contribution is -0.212. The summed E-state index contributed by atoms with van der Waals surface area (Å²) >= 11 is 0. The molecule has 0 radical (unpaired) electrons. The van der Waals surface area contributed by atoms with E-state index in [1.165, 1.54) is 18.0 Å². The van der Waals surface area contributed by atoms with E-state index in [1.54, 1.807) is 0 Å². The first-order chi connectivity index (χ1) is 20.1. The van der Waals surface area contributed by atoms with Crippen molar-refractivity contribution in [3.05, 3.63) is 53.3 Å². The zero-order chi connectivity index (χ0) is 30.1. The van der Waals surface area contributed by atoms with Crippen LogP contribution in [0.1, 0.15) is 50.1 Å². The highest BCUT2D eigenvalue weighted by Crippen LogP contribution is 2.35. The molecule has 2 aromatic heterocycles. The number of methoxy groups -OCH3 is 1. The Morgan fingerprint density at radius 2 is 1.83 bits per heavy atom. The molecule has 0 unspecified atom stereocenters. The minimum Gasteiger partial charge on any atom is -0.394 e. The van der Waals surface area contributed by atoms with Crippen molar-refractivity contribution in [3.8, 4) is 11.3 Å². The number of hydrogen-bond donors (Lipinski definition) is 2. The monoisotopic (exact) mass is 593 g/mol. The molecule has 0 bridgehead atoms. The molecule has 5 rings (SSSR count). The van der Waals surface area contributed by atoms with Gasteiger partial charge in [0.25, 0.3) is 0 Å². The topological polar surface area (TPSA) is 136 Å². The van der Waals surface area contributed by atoms with Gasteiger partial charge in [0.15, 0.2) is 17.5 Å². The molecule has 2 N–H and O–H groups in total. The number of ether oxygens (including phenoxy) is 2. The Bertz CT molecular complexity index is 1370. The predicted molar refractivity (Wildman–Crippen MR) is 141 cm³/mol. The Labute approximate surface area is 240 Å². The second-order valence-electron chi connectivity index (χ2n) is 11.1. The molecule has 11 nitrogen and oxygen atoms in total. The van der Waals surface area contributed by atoms with Crippen molar-refractivity contribution < 1.29 is 42.2 Å². The Balaban J connectivity index is 1.33. The molecule has 0 aliphatic carbocycles. The van der Waals surface area contributed by atoms with Gasteiger partial charge in [-0.2, -0.15) is 0 Å². The van der Waals surface area contributed by atoms with Gasteiger partial charge in [-0.25, -0.2) is 17.9 Å². The van der Waals surface area contributed by atoms with Gasteiger partial charge >= 0.3 is 0 Å². The SMILES string of the molecule is CO[C@@H]1[C@@H](n2cc(-c3cc(F)c(F)c(F)c3)nn2)[C@@H](O)[C@@H](CO)O[C@@H]1Cc1cc(C2CCN(C(=O)C(C)C)CC2)on1. The number of aliphatic hydroxyl groups excluding tert-OH is 2. The van der Waals surface area contributed by atoms with Gasteiger partial charge in [0, 0.05) is 50.1 Å². The number of amides is 1. The van der Waals surface area contributed by atoms with Crippen LogP contribution in [0, 0.1) is 23.4 Å². The molecule has 1 aromatic carbocycles. The molecular formula is C28H34F3N5O6. The number of nitrogens with zero attached hydrogens (tertiary/aromatic N) is 5. The Morgan fingerprint density at radius 3 is 2.45 bits per heavy atom. The summed E-state index contributed by atoms with van der Waals surface area (Å²) in [5.74, 6) is -3.43. The van der Waals surface area contributed by atoms with Crippen LogP contribution in [0.5, 0.6) is 0 Å². The van der Waals surface area contributed by atoms with Gasteiger partial charge < -0.3 is 29.1 Å². The Morgan fingerprint density at radius 1 is 1.14 bits per heavy atom. The number of piperidine rings is 1. The Kier molecular flexibility index (Phi) is 8.97. The summed E-state index contributed by atoms with van der Waals surface area (Å²) in [6.45, 7) is 4.56. The van der Waals surface area contributed by atoms with Gasteiger partial charge in [-0.15, -0.1) is 5.10 Å². The molecule has 1 amide bonds. The zero-order valence-corrected chi connectivity index (χ0v) is 23.5. The number of halogens is 3. The molecule has 5 atom stereocenters. The summed E-state index contributed by atoms with van der Waals surface area (Å²) in [4.78, 5) is 14.2. The van der Waals surface area contributed by atoms with Gasteiger partial charge in [0.1, 0.15) is 35.8 Å². The van der Waals surface area contributed by atoms with Gasteiger partial charge in [0.2, 0.25) is 5.91 Å². The van der Waals surface area contributed by atoms with Crippen molar-refractivity contribution in [3.63, 3.8) is 0 Å². The first-order valence-electron chi connectivity index (χ1n) is 13.9. The lowest BCUT2D eigenvalue weighted by atomic mass is 9.89. The van der Waals surface area contributed by atoms with Crippen molar-refractivity contribution in [1.82, 2.24) is 25.1 Å². The van der Waals surface area contributed by atoms with Gasteiger partial charge in [-0.1, -0.05) is 24.2 Å². The van der Waals surface area contributed by atoms with E-state index in [-0.39, 0.29) is 35.4 Å². The highest BCUT2D eigenvalue weighted by molar-refractivity contribution is 5.78. The standard InChI is InChI=1S/C28H34F3N5O6/c1-14(2)28(39)35-6-4-15(5-7-35)21-10-17(33-42-21)11-22-27(40-3)25(26(38)23(13-37)41-22)36-12-20(32-34-36)16-8-18(29)24(31)19(30)9-16/h8-10,12,14-15,22-23,25-27,37-38H,4-7,11,13H2,1-3H3/t22-,23-,25+,26+,27+/m1/s1. The third-order valence-electron chi connectivity index (χ3n) is 8.02. The fourth-order valence-electron chi connectivity index (χ4n) is 5.76. The fraction of sp³-hybridized carbons (Fsp3) is 0.571. The number of rotatable bonds is 8. The summed E-state index contributed by atoms with van der Waals surface area (Å²) in [5.41, 5.74) is 0.583. The maximum absolute atomic E-state index is 13.8. The molecular weight excluding hydrogens is 559 g/mol.